The molecule has 20 heavy (non-hydrogen) atoms. The van der Waals surface area contributed by atoms with E-state index in [1.165, 1.54) is 6.07 Å². The Bertz CT molecular complexity index is 589. The van der Waals surface area contributed by atoms with Crippen molar-refractivity contribution in [3.8, 4) is 0 Å². The Morgan fingerprint density at radius 3 is 2.50 bits per heavy atom. The van der Waals surface area contributed by atoms with Crippen molar-refractivity contribution in [3.05, 3.63) is 54.1 Å². The number of anilines is 1. The number of nitrogens with one attached hydrogen (secondary N) is 1. The maximum Gasteiger partial charge on any atom is 0.255 e. The van der Waals surface area contributed by atoms with Crippen LogP contribution in [0.5, 0.6) is 0 Å². The number of halogens is 1. The summed E-state index contributed by atoms with van der Waals surface area (Å²) < 4.78 is 13.7. The number of hydrogen-bond acceptors (Lipinski definition) is 2. The van der Waals surface area contributed by atoms with Crippen LogP contribution in [0.1, 0.15) is 10.4 Å². The monoisotopic (exact) mass is 273 g/mol. The van der Waals surface area contributed by atoms with E-state index < -0.39 is 0 Å². The van der Waals surface area contributed by atoms with Crippen LogP contribution in [0.3, 0.4) is 0 Å². The Balaban J connectivity index is 1.65. The van der Waals surface area contributed by atoms with Crippen molar-refractivity contribution in [1.29, 1.82) is 0 Å². The first-order valence-electron chi connectivity index (χ1n) is 6.67. The Labute approximate surface area is 116 Å². The molecule has 3 rings (SSSR count). The van der Waals surface area contributed by atoms with Crippen molar-refractivity contribution in [1.82, 2.24) is 9.88 Å². The molecular weight excluding hydrogens is 257 g/mol. The number of benzene rings is 1. The summed E-state index contributed by atoms with van der Waals surface area (Å²) in [6.07, 6.45) is 3.44. The van der Waals surface area contributed by atoms with E-state index in [-0.39, 0.29) is 11.7 Å². The lowest BCUT2D eigenvalue weighted by Gasteiger charge is -2.36. The summed E-state index contributed by atoms with van der Waals surface area (Å²) >= 11 is 0. The van der Waals surface area contributed by atoms with E-state index in [9.17, 15) is 9.18 Å². The van der Waals surface area contributed by atoms with E-state index in [1.807, 2.05) is 11.0 Å². The van der Waals surface area contributed by atoms with Crippen molar-refractivity contribution < 1.29 is 9.18 Å². The predicted octanol–water partition coefficient (Wildman–Crippen LogP) is 2.12. The summed E-state index contributed by atoms with van der Waals surface area (Å²) in [7, 11) is 0. The molecule has 2 aromatic rings. The molecule has 2 heterocycles. The van der Waals surface area contributed by atoms with Gasteiger partial charge in [-0.3, -0.25) is 4.79 Å². The third-order valence-corrected chi connectivity index (χ3v) is 3.60. The molecule has 0 saturated carbocycles. The van der Waals surface area contributed by atoms with E-state index >= 15 is 0 Å². The van der Waals surface area contributed by atoms with E-state index in [1.54, 1.807) is 35.5 Å². The lowest BCUT2D eigenvalue weighted by molar-refractivity contribution is 0.0747. The van der Waals surface area contributed by atoms with Gasteiger partial charge in [-0.2, -0.15) is 0 Å². The molecule has 104 valence electrons. The SMILES string of the molecule is O=C(c1cc[nH]c1)N1CCN(c2ccccc2F)CC1. The average molecular weight is 273 g/mol. The Morgan fingerprint density at radius 2 is 1.85 bits per heavy atom. The molecule has 0 spiro atoms. The molecule has 0 unspecified atom stereocenters. The zero-order valence-electron chi connectivity index (χ0n) is 11.1. The largest absolute Gasteiger partial charge is 0.367 e. The molecule has 4 nitrogen and oxygen atoms in total. The molecule has 0 aliphatic carbocycles. The molecule has 1 amide bonds. The highest BCUT2D eigenvalue weighted by Gasteiger charge is 2.23. The molecular formula is C15H16FN3O. The predicted molar refractivity (Wildman–Crippen MR) is 75.3 cm³/mol. The molecule has 1 saturated heterocycles. The highest BCUT2D eigenvalue weighted by atomic mass is 19.1. The number of carbonyl (C=O) groups is 1. The van der Waals surface area contributed by atoms with Gasteiger partial charge in [0, 0.05) is 38.6 Å². The first-order chi connectivity index (χ1) is 9.75. The maximum atomic E-state index is 13.7. The van der Waals surface area contributed by atoms with Crippen LogP contribution in [0.4, 0.5) is 10.1 Å². The first-order valence-corrected chi connectivity index (χ1v) is 6.67. The van der Waals surface area contributed by atoms with Crippen molar-refractivity contribution >= 4 is 11.6 Å². The minimum atomic E-state index is -0.210. The van der Waals surface area contributed by atoms with Gasteiger partial charge in [-0.05, 0) is 18.2 Å². The summed E-state index contributed by atoms with van der Waals surface area (Å²) in [6.45, 7) is 2.52. The molecule has 0 radical (unpaired) electrons. The number of rotatable bonds is 2. The topological polar surface area (TPSA) is 39.3 Å². The van der Waals surface area contributed by atoms with Crippen molar-refractivity contribution in [2.24, 2.45) is 0 Å². The number of piperazine rings is 1. The first kappa shape index (κ1) is 12.7. The molecule has 0 bridgehead atoms. The Morgan fingerprint density at radius 1 is 1.10 bits per heavy atom. The number of nitrogens with zero attached hydrogens (tertiary/aromatic N) is 2. The quantitative estimate of drug-likeness (QED) is 0.910. The number of para-hydroxylation sites is 1. The number of aromatic nitrogens is 1. The van der Waals surface area contributed by atoms with Crippen molar-refractivity contribution in [2.45, 2.75) is 0 Å². The molecule has 1 fully saturated rings. The summed E-state index contributed by atoms with van der Waals surface area (Å²) in [5, 5.41) is 0. The zero-order chi connectivity index (χ0) is 13.9. The van der Waals surface area contributed by atoms with Crippen LogP contribution in [0, 0.1) is 5.82 Å². The second kappa shape index (κ2) is 5.36. The van der Waals surface area contributed by atoms with Crippen molar-refractivity contribution in [3.63, 3.8) is 0 Å². The summed E-state index contributed by atoms with van der Waals surface area (Å²) in [5.41, 5.74) is 1.28. The van der Waals surface area contributed by atoms with Crippen LogP contribution in [-0.4, -0.2) is 42.0 Å². The van der Waals surface area contributed by atoms with E-state index in [0.717, 1.165) is 0 Å². The van der Waals surface area contributed by atoms with Gasteiger partial charge in [-0.25, -0.2) is 4.39 Å². The van der Waals surface area contributed by atoms with Gasteiger partial charge in [0.05, 0.1) is 11.3 Å². The van der Waals surface area contributed by atoms with Gasteiger partial charge in [-0.15, -0.1) is 0 Å². The lowest BCUT2D eigenvalue weighted by Crippen LogP contribution is -2.49. The smallest absolute Gasteiger partial charge is 0.255 e. The number of aromatic amines is 1. The summed E-state index contributed by atoms with van der Waals surface area (Å²) in [4.78, 5) is 18.9. The van der Waals surface area contributed by atoms with E-state index in [2.05, 4.69) is 4.98 Å². The van der Waals surface area contributed by atoms with E-state index in [0.29, 0.717) is 37.4 Å². The van der Waals surface area contributed by atoms with Crippen LogP contribution in [-0.2, 0) is 0 Å². The molecule has 1 aliphatic heterocycles. The highest BCUT2D eigenvalue weighted by Crippen LogP contribution is 2.20. The minimum absolute atomic E-state index is 0.0273. The number of amides is 1. The zero-order valence-corrected chi connectivity index (χ0v) is 11.1. The number of H-pyrrole nitrogens is 1. The number of carbonyl (C=O) groups excluding carboxylic acids is 1. The molecule has 1 N–H and O–H groups in total. The molecule has 5 heteroatoms. The lowest BCUT2D eigenvalue weighted by atomic mass is 10.2. The fraction of sp³-hybridized carbons (Fsp3) is 0.267. The standard InChI is InChI=1S/C15H16FN3O/c16-13-3-1-2-4-14(13)18-7-9-19(10-8-18)15(20)12-5-6-17-11-12/h1-6,11,17H,7-10H2. The normalized spacial score (nSPS) is 15.4. The summed E-state index contributed by atoms with van der Waals surface area (Å²) in [5.74, 6) is -0.183. The van der Waals surface area contributed by atoms with Crippen LogP contribution >= 0.6 is 0 Å². The van der Waals surface area contributed by atoms with Crippen LogP contribution < -0.4 is 4.90 Å². The molecule has 1 aromatic heterocycles. The number of hydrogen-bond donors (Lipinski definition) is 1. The van der Waals surface area contributed by atoms with Gasteiger partial charge in [0.2, 0.25) is 0 Å². The van der Waals surface area contributed by atoms with Gasteiger partial charge >= 0.3 is 0 Å². The molecule has 1 aliphatic rings. The minimum Gasteiger partial charge on any atom is -0.367 e. The van der Waals surface area contributed by atoms with Gasteiger partial charge in [0.15, 0.2) is 0 Å². The molecule has 1 aromatic carbocycles. The third-order valence-electron chi connectivity index (χ3n) is 3.60. The fourth-order valence-electron chi connectivity index (χ4n) is 2.50. The van der Waals surface area contributed by atoms with Gasteiger partial charge in [0.25, 0.3) is 5.91 Å². The average Bonchev–Trinajstić information content (AvgIpc) is 3.01. The summed E-state index contributed by atoms with van der Waals surface area (Å²) in [6, 6.07) is 8.53. The van der Waals surface area contributed by atoms with E-state index in [4.69, 9.17) is 0 Å². The van der Waals surface area contributed by atoms with Crippen molar-refractivity contribution in [2.75, 3.05) is 31.1 Å². The fourth-order valence-corrected chi connectivity index (χ4v) is 2.50. The van der Waals surface area contributed by atoms with Crippen LogP contribution in [0.15, 0.2) is 42.7 Å². The second-order valence-corrected chi connectivity index (χ2v) is 4.83. The second-order valence-electron chi connectivity index (χ2n) is 4.83. The van der Waals surface area contributed by atoms with Gasteiger partial charge < -0.3 is 14.8 Å². The Kier molecular flexibility index (Phi) is 3.41. The highest BCUT2D eigenvalue weighted by molar-refractivity contribution is 5.94. The molecule has 0 atom stereocenters. The maximum absolute atomic E-state index is 13.7. The van der Waals surface area contributed by atoms with Crippen LogP contribution in [0.2, 0.25) is 0 Å². The Hall–Kier alpha value is -2.30. The third kappa shape index (κ3) is 2.39. The van der Waals surface area contributed by atoms with Gasteiger partial charge in [-0.1, -0.05) is 12.1 Å². The van der Waals surface area contributed by atoms with Gasteiger partial charge in [0.1, 0.15) is 5.82 Å². The van der Waals surface area contributed by atoms with Crippen LogP contribution in [0.25, 0.3) is 0 Å².